The second-order valence-corrected chi connectivity index (χ2v) is 6.48. The van der Waals surface area contributed by atoms with Gasteiger partial charge >= 0.3 is 0 Å². The molecule has 23 heavy (non-hydrogen) atoms. The van der Waals surface area contributed by atoms with Crippen LogP contribution in [0.4, 0.5) is 16.9 Å². The van der Waals surface area contributed by atoms with E-state index in [2.05, 4.69) is 24.7 Å². The lowest BCUT2D eigenvalue weighted by Gasteiger charge is -2.35. The fourth-order valence-electron chi connectivity index (χ4n) is 2.93. The Morgan fingerprint density at radius 1 is 0.870 bits per heavy atom. The average molecular weight is 332 g/mol. The van der Waals surface area contributed by atoms with Crippen LogP contribution in [0.2, 0.25) is 0 Å². The predicted octanol–water partition coefficient (Wildman–Crippen LogP) is 1.10. The van der Waals surface area contributed by atoms with E-state index in [1.165, 1.54) is 0 Å². The van der Waals surface area contributed by atoms with Crippen LogP contribution in [0.5, 0.6) is 0 Å². The number of hydrogen-bond acceptors (Lipinski definition) is 8. The van der Waals surface area contributed by atoms with E-state index in [9.17, 15) is 0 Å². The highest BCUT2D eigenvalue weighted by Crippen LogP contribution is 2.21. The molecule has 2 aromatic rings. The predicted molar refractivity (Wildman–Crippen MR) is 91.6 cm³/mol. The molecule has 0 amide bonds. The first-order chi connectivity index (χ1) is 11.4. The molecule has 4 rings (SSSR count). The van der Waals surface area contributed by atoms with Crippen molar-refractivity contribution in [3.63, 3.8) is 0 Å². The van der Waals surface area contributed by atoms with E-state index in [4.69, 9.17) is 9.72 Å². The molecule has 2 saturated heterocycles. The quantitative estimate of drug-likeness (QED) is 0.834. The number of thiazole rings is 1. The number of rotatable bonds is 3. The van der Waals surface area contributed by atoms with E-state index in [0.29, 0.717) is 0 Å². The minimum atomic E-state index is 0.770. The molecule has 0 N–H and O–H groups in total. The van der Waals surface area contributed by atoms with Gasteiger partial charge in [0.2, 0.25) is 5.95 Å². The monoisotopic (exact) mass is 332 g/mol. The molecule has 8 heteroatoms. The summed E-state index contributed by atoms with van der Waals surface area (Å²) >= 11 is 1.69. The average Bonchev–Trinajstić information content (AvgIpc) is 3.17. The van der Waals surface area contributed by atoms with Crippen LogP contribution in [0.1, 0.15) is 0 Å². The van der Waals surface area contributed by atoms with Gasteiger partial charge in [-0.15, -0.1) is 11.3 Å². The Morgan fingerprint density at radius 2 is 1.65 bits per heavy atom. The molecule has 2 aliphatic rings. The minimum Gasteiger partial charge on any atom is -0.378 e. The molecule has 0 spiro atoms. The third-order valence-electron chi connectivity index (χ3n) is 4.22. The summed E-state index contributed by atoms with van der Waals surface area (Å²) in [6.07, 6.45) is 3.72. The Hall–Kier alpha value is -1.93. The van der Waals surface area contributed by atoms with Gasteiger partial charge in [0.15, 0.2) is 5.13 Å². The van der Waals surface area contributed by atoms with Gasteiger partial charge in [0, 0.05) is 57.0 Å². The van der Waals surface area contributed by atoms with E-state index in [0.717, 1.165) is 69.4 Å². The first kappa shape index (κ1) is 14.6. The highest BCUT2D eigenvalue weighted by atomic mass is 32.1. The lowest BCUT2D eigenvalue weighted by atomic mass is 10.3. The molecule has 0 radical (unpaired) electrons. The minimum absolute atomic E-state index is 0.770. The number of aromatic nitrogens is 3. The summed E-state index contributed by atoms with van der Waals surface area (Å²) in [5.74, 6) is 1.83. The van der Waals surface area contributed by atoms with Gasteiger partial charge in [0.1, 0.15) is 5.82 Å². The van der Waals surface area contributed by atoms with Crippen molar-refractivity contribution in [3.05, 3.63) is 23.8 Å². The zero-order chi connectivity index (χ0) is 15.5. The largest absolute Gasteiger partial charge is 0.378 e. The van der Waals surface area contributed by atoms with Crippen LogP contribution < -0.4 is 14.7 Å². The van der Waals surface area contributed by atoms with Gasteiger partial charge in [-0.25, -0.2) is 9.97 Å². The smallest absolute Gasteiger partial charge is 0.227 e. The van der Waals surface area contributed by atoms with Gasteiger partial charge in [-0.05, 0) is 6.07 Å². The number of hydrogen-bond donors (Lipinski definition) is 0. The zero-order valence-electron chi connectivity index (χ0n) is 13.0. The number of piperazine rings is 1. The van der Waals surface area contributed by atoms with Gasteiger partial charge < -0.3 is 19.4 Å². The second-order valence-electron chi connectivity index (χ2n) is 5.60. The van der Waals surface area contributed by atoms with Crippen molar-refractivity contribution in [2.45, 2.75) is 0 Å². The highest BCUT2D eigenvalue weighted by Gasteiger charge is 2.21. The summed E-state index contributed by atoms with van der Waals surface area (Å²) in [5, 5.41) is 3.13. The van der Waals surface area contributed by atoms with Crippen LogP contribution in [-0.2, 0) is 4.74 Å². The summed E-state index contributed by atoms with van der Waals surface area (Å²) in [6.45, 7) is 7.09. The summed E-state index contributed by atoms with van der Waals surface area (Å²) in [5.41, 5.74) is 0. The van der Waals surface area contributed by atoms with Gasteiger partial charge in [-0.3, -0.25) is 0 Å². The van der Waals surface area contributed by atoms with Gasteiger partial charge in [-0.2, -0.15) is 4.98 Å². The van der Waals surface area contributed by atoms with Crippen molar-refractivity contribution in [1.29, 1.82) is 0 Å². The molecule has 2 fully saturated rings. The summed E-state index contributed by atoms with van der Waals surface area (Å²) in [6, 6.07) is 1.99. The van der Waals surface area contributed by atoms with Gasteiger partial charge in [-0.1, -0.05) is 0 Å². The Labute approximate surface area is 139 Å². The molecular weight excluding hydrogens is 312 g/mol. The molecular formula is C15H20N6OS. The summed E-state index contributed by atoms with van der Waals surface area (Å²) in [7, 11) is 0. The van der Waals surface area contributed by atoms with Crippen LogP contribution in [0.15, 0.2) is 23.8 Å². The van der Waals surface area contributed by atoms with E-state index < -0.39 is 0 Å². The maximum absolute atomic E-state index is 5.41. The second kappa shape index (κ2) is 6.67. The van der Waals surface area contributed by atoms with Crippen LogP contribution >= 0.6 is 11.3 Å². The highest BCUT2D eigenvalue weighted by molar-refractivity contribution is 7.13. The first-order valence-electron chi connectivity index (χ1n) is 7.95. The third kappa shape index (κ3) is 3.23. The van der Waals surface area contributed by atoms with E-state index >= 15 is 0 Å². The van der Waals surface area contributed by atoms with Gasteiger partial charge in [0.25, 0.3) is 0 Å². The first-order valence-corrected chi connectivity index (χ1v) is 8.83. The van der Waals surface area contributed by atoms with E-state index in [1.54, 1.807) is 11.3 Å². The molecule has 7 nitrogen and oxygen atoms in total. The molecule has 0 unspecified atom stereocenters. The Bertz CT molecular complexity index is 623. The lowest BCUT2D eigenvalue weighted by molar-refractivity contribution is 0.122. The number of anilines is 3. The van der Waals surface area contributed by atoms with Crippen molar-refractivity contribution >= 4 is 28.2 Å². The van der Waals surface area contributed by atoms with E-state index in [-0.39, 0.29) is 0 Å². The molecule has 4 heterocycles. The molecule has 2 aromatic heterocycles. The van der Waals surface area contributed by atoms with Crippen molar-refractivity contribution < 1.29 is 4.74 Å². The van der Waals surface area contributed by atoms with Crippen LogP contribution in [0.3, 0.4) is 0 Å². The zero-order valence-corrected chi connectivity index (χ0v) is 13.8. The third-order valence-corrected chi connectivity index (χ3v) is 5.05. The maximum Gasteiger partial charge on any atom is 0.227 e. The van der Waals surface area contributed by atoms with Crippen molar-refractivity contribution in [1.82, 2.24) is 15.0 Å². The summed E-state index contributed by atoms with van der Waals surface area (Å²) < 4.78 is 5.41. The van der Waals surface area contributed by atoms with Crippen LogP contribution in [-0.4, -0.2) is 67.4 Å². The Morgan fingerprint density at radius 3 is 2.39 bits per heavy atom. The van der Waals surface area contributed by atoms with Crippen LogP contribution in [0, 0.1) is 0 Å². The van der Waals surface area contributed by atoms with Crippen molar-refractivity contribution in [2.24, 2.45) is 0 Å². The summed E-state index contributed by atoms with van der Waals surface area (Å²) in [4.78, 5) is 20.5. The van der Waals surface area contributed by atoms with Crippen LogP contribution in [0.25, 0.3) is 0 Å². The van der Waals surface area contributed by atoms with Gasteiger partial charge in [0.05, 0.1) is 13.2 Å². The molecule has 0 saturated carbocycles. The molecule has 2 aliphatic heterocycles. The Balaban J connectivity index is 1.42. The standard InChI is InChI=1S/C15H20N6OS/c1-2-16-14(18-13(1)19-8-10-22-11-9-19)20-4-6-21(7-5-20)15-17-3-12-23-15/h1-3,12H,4-11H2. The maximum atomic E-state index is 5.41. The topological polar surface area (TPSA) is 57.6 Å². The number of morpholine rings is 1. The van der Waals surface area contributed by atoms with Crippen molar-refractivity contribution in [2.75, 3.05) is 67.2 Å². The fraction of sp³-hybridized carbons (Fsp3) is 0.533. The number of nitrogens with zero attached hydrogens (tertiary/aromatic N) is 6. The molecule has 122 valence electrons. The SMILES string of the molecule is c1cc(N2CCOCC2)nc(N2CCN(c3nccs3)CC2)n1. The molecule has 0 bridgehead atoms. The number of ether oxygens (including phenoxy) is 1. The molecule has 0 aliphatic carbocycles. The van der Waals surface area contributed by atoms with Crippen molar-refractivity contribution in [3.8, 4) is 0 Å². The normalized spacial score (nSPS) is 19.2. The molecule has 0 aromatic carbocycles. The lowest BCUT2D eigenvalue weighted by Crippen LogP contribution is -2.47. The van der Waals surface area contributed by atoms with E-state index in [1.807, 2.05) is 23.8 Å². The molecule has 0 atom stereocenters. The Kier molecular flexibility index (Phi) is 4.25. The fourth-order valence-corrected chi connectivity index (χ4v) is 3.63.